The molecular weight excluding hydrogens is 560 g/mol. The molecule has 0 bridgehead atoms. The lowest BCUT2D eigenvalue weighted by Gasteiger charge is -2.40. The number of benzene rings is 5. The standard InChI is InChI=1S/C42H34N4/c1-28-38(29-16-6-3-7-17-29)43-41(44-39(28)30-18-8-4-9-19-30)46-36-26-25-33-32-22-12-13-24-35(32)45(31-20-10-5-11-21-31)40(33)37(36)34-23-14-15-27-42(34,46)2/h3-28,34,38H,1-2H3. The van der Waals surface area contributed by atoms with Gasteiger partial charge >= 0.3 is 0 Å². The van der Waals surface area contributed by atoms with E-state index in [0.29, 0.717) is 0 Å². The Morgan fingerprint density at radius 3 is 2.17 bits per heavy atom. The van der Waals surface area contributed by atoms with Gasteiger partial charge in [0.25, 0.3) is 0 Å². The molecule has 2 aliphatic heterocycles. The maximum atomic E-state index is 5.52. The van der Waals surface area contributed by atoms with Crippen LogP contribution in [-0.2, 0) is 0 Å². The summed E-state index contributed by atoms with van der Waals surface area (Å²) in [4.78, 5) is 13.4. The number of guanidine groups is 1. The number of hydrogen-bond acceptors (Lipinski definition) is 3. The summed E-state index contributed by atoms with van der Waals surface area (Å²) >= 11 is 0. The lowest BCUT2D eigenvalue weighted by atomic mass is 9.80. The van der Waals surface area contributed by atoms with E-state index in [2.05, 4.69) is 175 Å². The van der Waals surface area contributed by atoms with Crippen molar-refractivity contribution < 1.29 is 0 Å². The Morgan fingerprint density at radius 1 is 0.696 bits per heavy atom. The van der Waals surface area contributed by atoms with Gasteiger partial charge in [0.15, 0.2) is 0 Å². The van der Waals surface area contributed by atoms with Crippen molar-refractivity contribution in [3.63, 3.8) is 0 Å². The minimum Gasteiger partial charge on any atom is -0.309 e. The van der Waals surface area contributed by atoms with Crippen molar-refractivity contribution in [2.24, 2.45) is 15.9 Å². The molecule has 1 aliphatic carbocycles. The van der Waals surface area contributed by atoms with Crippen molar-refractivity contribution in [3.05, 3.63) is 168 Å². The van der Waals surface area contributed by atoms with E-state index >= 15 is 0 Å². The average Bonchev–Trinajstić information content (AvgIpc) is 3.59. The van der Waals surface area contributed by atoms with Crippen LogP contribution in [0.4, 0.5) is 5.69 Å². The third kappa shape index (κ3) is 3.86. The second-order valence-electron chi connectivity index (χ2n) is 12.8. The van der Waals surface area contributed by atoms with E-state index < -0.39 is 5.54 Å². The minimum atomic E-state index is -0.394. The number of allylic oxidation sites excluding steroid dienone is 2. The van der Waals surface area contributed by atoms with Crippen LogP contribution in [0.15, 0.2) is 162 Å². The maximum Gasteiger partial charge on any atom is 0.226 e. The smallest absolute Gasteiger partial charge is 0.226 e. The summed E-state index contributed by atoms with van der Waals surface area (Å²) in [5, 5.41) is 2.53. The van der Waals surface area contributed by atoms with Crippen molar-refractivity contribution in [2.45, 2.75) is 31.3 Å². The molecule has 4 heteroatoms. The Kier molecular flexibility index (Phi) is 6.01. The third-order valence-corrected chi connectivity index (χ3v) is 10.2. The second-order valence-corrected chi connectivity index (χ2v) is 12.8. The van der Waals surface area contributed by atoms with Crippen LogP contribution in [0.5, 0.6) is 0 Å². The zero-order chi connectivity index (χ0) is 30.8. The summed E-state index contributed by atoms with van der Waals surface area (Å²) in [7, 11) is 0. The van der Waals surface area contributed by atoms with Crippen LogP contribution in [-0.4, -0.2) is 21.8 Å². The van der Waals surface area contributed by atoms with Crippen LogP contribution < -0.4 is 4.90 Å². The fourth-order valence-electron chi connectivity index (χ4n) is 8.01. The van der Waals surface area contributed by atoms with Crippen molar-refractivity contribution >= 4 is 39.2 Å². The molecule has 0 amide bonds. The van der Waals surface area contributed by atoms with Crippen molar-refractivity contribution in [2.75, 3.05) is 4.90 Å². The fourth-order valence-corrected chi connectivity index (χ4v) is 8.01. The van der Waals surface area contributed by atoms with E-state index in [0.717, 1.165) is 28.6 Å². The Balaban J connectivity index is 1.34. The first kappa shape index (κ1) is 26.9. The molecule has 0 radical (unpaired) electrons. The Bertz CT molecular complexity index is 2240. The van der Waals surface area contributed by atoms with Gasteiger partial charge in [0.2, 0.25) is 5.96 Å². The number of rotatable bonds is 3. The molecular formula is C42H34N4. The highest BCUT2D eigenvalue weighted by Gasteiger charge is 2.51. The van der Waals surface area contributed by atoms with Gasteiger partial charge < -0.3 is 9.47 Å². The molecule has 4 unspecified atom stereocenters. The molecule has 0 saturated heterocycles. The molecule has 3 heterocycles. The minimum absolute atomic E-state index is 0.0578. The average molecular weight is 595 g/mol. The van der Waals surface area contributed by atoms with Gasteiger partial charge in [0.1, 0.15) is 0 Å². The first-order chi connectivity index (χ1) is 22.6. The molecule has 222 valence electrons. The normalized spacial score (nSPS) is 23.3. The summed E-state index contributed by atoms with van der Waals surface area (Å²) in [5.74, 6) is 0.985. The Morgan fingerprint density at radius 2 is 1.39 bits per heavy atom. The molecule has 0 N–H and O–H groups in total. The van der Waals surface area contributed by atoms with E-state index in [1.54, 1.807) is 0 Å². The van der Waals surface area contributed by atoms with Gasteiger partial charge in [-0.25, -0.2) is 9.98 Å². The maximum absolute atomic E-state index is 5.52. The van der Waals surface area contributed by atoms with Gasteiger partial charge in [-0.2, -0.15) is 0 Å². The van der Waals surface area contributed by atoms with Crippen LogP contribution in [0.1, 0.15) is 42.5 Å². The topological polar surface area (TPSA) is 32.9 Å². The summed E-state index contributed by atoms with van der Waals surface area (Å²) in [5.41, 5.74) is 9.12. The molecule has 9 rings (SSSR count). The number of aliphatic imine (C=N–C) groups is 2. The highest BCUT2D eigenvalue weighted by atomic mass is 15.4. The Labute approximate surface area is 269 Å². The van der Waals surface area contributed by atoms with E-state index in [9.17, 15) is 0 Å². The van der Waals surface area contributed by atoms with Gasteiger partial charge in [-0.3, -0.25) is 0 Å². The summed E-state index contributed by atoms with van der Waals surface area (Å²) in [6, 6.07) is 45.4. The molecule has 0 fully saturated rings. The Hall–Kier alpha value is -5.48. The number of para-hydroxylation sites is 2. The molecule has 3 aliphatic rings. The molecule has 6 aromatic rings. The zero-order valence-corrected chi connectivity index (χ0v) is 26.0. The summed E-state index contributed by atoms with van der Waals surface area (Å²) < 4.78 is 2.45. The van der Waals surface area contributed by atoms with Crippen LogP contribution >= 0.6 is 0 Å². The van der Waals surface area contributed by atoms with Crippen molar-refractivity contribution in [3.8, 4) is 5.69 Å². The second kappa shape index (κ2) is 10.3. The number of hydrogen-bond donors (Lipinski definition) is 0. The van der Waals surface area contributed by atoms with Gasteiger partial charge in [-0.05, 0) is 42.3 Å². The first-order valence-corrected chi connectivity index (χ1v) is 16.2. The predicted octanol–water partition coefficient (Wildman–Crippen LogP) is 9.81. The van der Waals surface area contributed by atoms with Crippen LogP contribution in [0.2, 0.25) is 0 Å². The SMILES string of the molecule is CC1C(c2ccccc2)=NC(N2c3ccc4c5ccccc5n(-c5ccccc5)c4c3C3C=CC=CC32C)=NC1c1ccccc1. The van der Waals surface area contributed by atoms with Gasteiger partial charge in [0, 0.05) is 33.9 Å². The van der Waals surface area contributed by atoms with Crippen LogP contribution in [0.3, 0.4) is 0 Å². The summed E-state index contributed by atoms with van der Waals surface area (Å²) in [6.45, 7) is 4.60. The highest BCUT2D eigenvalue weighted by Crippen LogP contribution is 2.55. The largest absolute Gasteiger partial charge is 0.309 e. The third-order valence-electron chi connectivity index (χ3n) is 10.2. The number of nitrogens with zero attached hydrogens (tertiary/aromatic N) is 4. The predicted molar refractivity (Wildman–Crippen MR) is 191 cm³/mol. The lowest BCUT2D eigenvalue weighted by molar-refractivity contribution is 0.537. The van der Waals surface area contributed by atoms with Crippen LogP contribution in [0.25, 0.3) is 27.5 Å². The molecule has 0 spiro atoms. The molecule has 4 atom stereocenters. The van der Waals surface area contributed by atoms with Crippen molar-refractivity contribution in [1.29, 1.82) is 0 Å². The molecule has 5 aromatic carbocycles. The first-order valence-electron chi connectivity index (χ1n) is 16.2. The van der Waals surface area contributed by atoms with Crippen molar-refractivity contribution in [1.82, 2.24) is 4.57 Å². The fraction of sp³-hybridized carbons (Fsp3) is 0.143. The van der Waals surface area contributed by atoms with Gasteiger partial charge in [0.05, 0.1) is 34.0 Å². The van der Waals surface area contributed by atoms with Gasteiger partial charge in [-0.15, -0.1) is 0 Å². The lowest BCUT2D eigenvalue weighted by Crippen LogP contribution is -2.49. The molecule has 0 saturated carbocycles. The van der Waals surface area contributed by atoms with Gasteiger partial charge in [-0.1, -0.05) is 134 Å². The number of fused-ring (bicyclic) bond motifs is 7. The molecule has 1 aromatic heterocycles. The van der Waals surface area contributed by atoms with E-state index in [-0.39, 0.29) is 17.9 Å². The number of aromatic nitrogens is 1. The quantitative estimate of drug-likeness (QED) is 0.201. The van der Waals surface area contributed by atoms with E-state index in [1.165, 1.54) is 32.9 Å². The zero-order valence-electron chi connectivity index (χ0n) is 26.0. The summed E-state index contributed by atoms with van der Waals surface area (Å²) in [6.07, 6.45) is 9.09. The monoisotopic (exact) mass is 594 g/mol. The van der Waals surface area contributed by atoms with E-state index in [1.807, 2.05) is 0 Å². The van der Waals surface area contributed by atoms with E-state index in [4.69, 9.17) is 9.98 Å². The van der Waals surface area contributed by atoms with Crippen LogP contribution in [0, 0.1) is 5.92 Å². The number of anilines is 1. The highest BCUT2D eigenvalue weighted by molar-refractivity contribution is 6.17. The molecule has 4 nitrogen and oxygen atoms in total. The molecule has 46 heavy (non-hydrogen) atoms.